The van der Waals surface area contributed by atoms with Gasteiger partial charge in [0.2, 0.25) is 0 Å². The van der Waals surface area contributed by atoms with Crippen LogP contribution in [0.4, 0.5) is 0 Å². The van der Waals surface area contributed by atoms with Crippen LogP contribution in [0.25, 0.3) is 0 Å². The molecule has 114 valence electrons. The maximum atomic E-state index is 5.74. The second kappa shape index (κ2) is 8.19. The first kappa shape index (κ1) is 16.9. The van der Waals surface area contributed by atoms with E-state index in [0.717, 1.165) is 35.4 Å². The molecular formula is C15H27N3O2. The van der Waals surface area contributed by atoms with Gasteiger partial charge in [0.1, 0.15) is 5.75 Å². The quantitative estimate of drug-likeness (QED) is 0.562. The summed E-state index contributed by atoms with van der Waals surface area (Å²) in [5.41, 5.74) is 5.97. The SMILES string of the molecule is CCOC(CC)C(Cc1ncc(C)c(OC)c1C)NN. The predicted octanol–water partition coefficient (Wildman–Crippen LogP) is 1.90. The summed E-state index contributed by atoms with van der Waals surface area (Å²) in [6, 6.07) is 0.0403. The average molecular weight is 281 g/mol. The Morgan fingerprint density at radius 1 is 1.35 bits per heavy atom. The van der Waals surface area contributed by atoms with Crippen molar-refractivity contribution in [3.63, 3.8) is 0 Å². The van der Waals surface area contributed by atoms with Crippen molar-refractivity contribution in [1.29, 1.82) is 0 Å². The van der Waals surface area contributed by atoms with Gasteiger partial charge in [-0.1, -0.05) is 6.92 Å². The third-order valence-electron chi connectivity index (χ3n) is 3.61. The maximum absolute atomic E-state index is 5.74. The van der Waals surface area contributed by atoms with E-state index in [-0.39, 0.29) is 12.1 Å². The summed E-state index contributed by atoms with van der Waals surface area (Å²) >= 11 is 0. The summed E-state index contributed by atoms with van der Waals surface area (Å²) in [5, 5.41) is 0. The number of hydrogen-bond donors (Lipinski definition) is 2. The summed E-state index contributed by atoms with van der Waals surface area (Å²) in [6.07, 6.45) is 3.55. The molecule has 5 heteroatoms. The fourth-order valence-electron chi connectivity index (χ4n) is 2.52. The minimum Gasteiger partial charge on any atom is -0.496 e. The zero-order valence-electron chi connectivity index (χ0n) is 13.2. The van der Waals surface area contributed by atoms with E-state index < -0.39 is 0 Å². The van der Waals surface area contributed by atoms with Crippen LogP contribution in [0.1, 0.15) is 37.1 Å². The second-order valence-electron chi connectivity index (χ2n) is 4.93. The first-order chi connectivity index (χ1) is 9.58. The Bertz CT molecular complexity index is 424. The van der Waals surface area contributed by atoms with E-state index in [2.05, 4.69) is 17.3 Å². The van der Waals surface area contributed by atoms with Gasteiger partial charge in [-0.15, -0.1) is 0 Å². The van der Waals surface area contributed by atoms with Crippen LogP contribution < -0.4 is 16.0 Å². The van der Waals surface area contributed by atoms with Gasteiger partial charge in [-0.25, -0.2) is 0 Å². The molecule has 0 radical (unpaired) electrons. The van der Waals surface area contributed by atoms with Crippen molar-refractivity contribution in [3.8, 4) is 5.75 Å². The van der Waals surface area contributed by atoms with Crippen molar-refractivity contribution in [2.45, 2.75) is 52.7 Å². The van der Waals surface area contributed by atoms with E-state index in [1.165, 1.54) is 0 Å². The molecule has 1 heterocycles. The number of nitrogens with one attached hydrogen (secondary N) is 1. The Morgan fingerprint density at radius 2 is 2.05 bits per heavy atom. The Labute approximate surface area is 121 Å². The van der Waals surface area contributed by atoms with E-state index in [1.807, 2.05) is 27.0 Å². The van der Waals surface area contributed by atoms with Crippen LogP contribution in [0.3, 0.4) is 0 Å². The van der Waals surface area contributed by atoms with Gasteiger partial charge in [0.25, 0.3) is 0 Å². The fourth-order valence-corrected chi connectivity index (χ4v) is 2.52. The number of hydrazine groups is 1. The highest BCUT2D eigenvalue weighted by Crippen LogP contribution is 2.25. The van der Waals surface area contributed by atoms with Crippen LogP contribution in [0.15, 0.2) is 6.20 Å². The first-order valence-electron chi connectivity index (χ1n) is 7.15. The maximum Gasteiger partial charge on any atom is 0.128 e. The number of nitrogens with two attached hydrogens (primary N) is 1. The Balaban J connectivity index is 2.95. The minimum atomic E-state index is 0.0403. The highest BCUT2D eigenvalue weighted by atomic mass is 16.5. The van der Waals surface area contributed by atoms with Gasteiger partial charge >= 0.3 is 0 Å². The molecule has 0 saturated carbocycles. The number of ether oxygens (including phenoxy) is 2. The van der Waals surface area contributed by atoms with Gasteiger partial charge in [-0.2, -0.15) is 0 Å². The molecule has 0 aromatic carbocycles. The lowest BCUT2D eigenvalue weighted by Gasteiger charge is -2.26. The van der Waals surface area contributed by atoms with Crippen LogP contribution in [0.5, 0.6) is 5.75 Å². The molecule has 1 rings (SSSR count). The number of aromatic nitrogens is 1. The first-order valence-corrected chi connectivity index (χ1v) is 7.15. The van der Waals surface area contributed by atoms with Gasteiger partial charge in [-0.05, 0) is 27.2 Å². The summed E-state index contributed by atoms with van der Waals surface area (Å²) in [7, 11) is 1.69. The second-order valence-corrected chi connectivity index (χ2v) is 4.93. The van der Waals surface area contributed by atoms with Crippen LogP contribution in [0, 0.1) is 13.8 Å². The molecule has 3 N–H and O–H groups in total. The lowest BCUT2D eigenvalue weighted by molar-refractivity contribution is 0.0316. The van der Waals surface area contributed by atoms with Crippen LogP contribution in [-0.4, -0.2) is 30.8 Å². The van der Waals surface area contributed by atoms with E-state index in [1.54, 1.807) is 7.11 Å². The van der Waals surface area contributed by atoms with E-state index in [0.29, 0.717) is 6.61 Å². The number of aryl methyl sites for hydroxylation is 1. The zero-order chi connectivity index (χ0) is 15.1. The Morgan fingerprint density at radius 3 is 2.55 bits per heavy atom. The Hall–Kier alpha value is -1.17. The zero-order valence-corrected chi connectivity index (χ0v) is 13.2. The molecule has 1 aromatic heterocycles. The molecule has 0 amide bonds. The van der Waals surface area contributed by atoms with Gasteiger partial charge < -0.3 is 9.47 Å². The predicted molar refractivity (Wildman–Crippen MR) is 80.8 cm³/mol. The molecule has 2 unspecified atom stereocenters. The summed E-state index contributed by atoms with van der Waals surface area (Å²) in [6.45, 7) is 8.80. The van der Waals surface area contributed by atoms with E-state index in [9.17, 15) is 0 Å². The Kier molecular flexibility index (Phi) is 6.91. The number of rotatable bonds is 8. The molecule has 5 nitrogen and oxygen atoms in total. The standard InChI is InChI=1S/C15H27N3O2/c1-6-14(20-7-2)13(18-16)8-12-11(4)15(19-5)10(3)9-17-12/h9,13-14,18H,6-8,16H2,1-5H3. The summed E-state index contributed by atoms with van der Waals surface area (Å²) in [5.74, 6) is 6.59. The largest absolute Gasteiger partial charge is 0.496 e. The molecule has 0 aliphatic carbocycles. The molecule has 0 fully saturated rings. The highest BCUT2D eigenvalue weighted by Gasteiger charge is 2.22. The normalized spacial score (nSPS) is 14.1. The topological polar surface area (TPSA) is 69.4 Å². The fraction of sp³-hybridized carbons (Fsp3) is 0.667. The van der Waals surface area contributed by atoms with Crippen molar-refractivity contribution >= 4 is 0 Å². The molecule has 0 aliphatic heterocycles. The lowest BCUT2D eigenvalue weighted by Crippen LogP contribution is -2.46. The monoisotopic (exact) mass is 281 g/mol. The van der Waals surface area contributed by atoms with Crippen molar-refractivity contribution < 1.29 is 9.47 Å². The molecule has 0 aliphatic rings. The molecule has 0 spiro atoms. The van der Waals surface area contributed by atoms with Crippen molar-refractivity contribution in [3.05, 3.63) is 23.0 Å². The molecule has 2 atom stereocenters. The minimum absolute atomic E-state index is 0.0403. The molecule has 20 heavy (non-hydrogen) atoms. The van der Waals surface area contributed by atoms with Gasteiger partial charge in [-0.3, -0.25) is 16.3 Å². The lowest BCUT2D eigenvalue weighted by atomic mass is 9.99. The van der Waals surface area contributed by atoms with E-state index in [4.69, 9.17) is 15.3 Å². The van der Waals surface area contributed by atoms with Crippen LogP contribution in [-0.2, 0) is 11.2 Å². The molecule has 1 aromatic rings. The van der Waals surface area contributed by atoms with Crippen molar-refractivity contribution in [2.24, 2.45) is 5.84 Å². The van der Waals surface area contributed by atoms with E-state index >= 15 is 0 Å². The van der Waals surface area contributed by atoms with Crippen LogP contribution >= 0.6 is 0 Å². The number of pyridine rings is 1. The van der Waals surface area contributed by atoms with Crippen molar-refractivity contribution in [2.75, 3.05) is 13.7 Å². The number of nitrogens with zero attached hydrogens (tertiary/aromatic N) is 1. The van der Waals surface area contributed by atoms with Gasteiger partial charge in [0.15, 0.2) is 0 Å². The summed E-state index contributed by atoms with van der Waals surface area (Å²) in [4.78, 5) is 4.52. The van der Waals surface area contributed by atoms with Gasteiger partial charge in [0.05, 0.1) is 19.3 Å². The third kappa shape index (κ3) is 3.91. The van der Waals surface area contributed by atoms with Crippen molar-refractivity contribution in [1.82, 2.24) is 10.4 Å². The third-order valence-corrected chi connectivity index (χ3v) is 3.61. The average Bonchev–Trinajstić information content (AvgIpc) is 2.45. The molecule has 0 bridgehead atoms. The smallest absolute Gasteiger partial charge is 0.128 e. The molecular weight excluding hydrogens is 254 g/mol. The highest BCUT2D eigenvalue weighted by molar-refractivity contribution is 5.41. The summed E-state index contributed by atoms with van der Waals surface area (Å²) < 4.78 is 11.2. The number of hydrogen-bond acceptors (Lipinski definition) is 5. The van der Waals surface area contributed by atoms with Crippen LogP contribution in [0.2, 0.25) is 0 Å². The number of methoxy groups -OCH3 is 1. The van der Waals surface area contributed by atoms with Gasteiger partial charge in [0, 0.05) is 36.0 Å². The molecule has 0 saturated heterocycles.